The third kappa shape index (κ3) is 5.34. The fraction of sp³-hybridized carbons (Fsp3) is 0.355. The largest absolute Gasteiger partial charge is 0.437 e. The van der Waals surface area contributed by atoms with Crippen LogP contribution in [0, 0.1) is 12.8 Å². The van der Waals surface area contributed by atoms with Crippen LogP contribution in [0.2, 0.25) is 0 Å². The molecule has 1 unspecified atom stereocenters. The molecule has 39 heavy (non-hydrogen) atoms. The van der Waals surface area contributed by atoms with Gasteiger partial charge in [0.05, 0.1) is 17.2 Å². The second-order valence-electron chi connectivity index (χ2n) is 10.8. The maximum Gasteiger partial charge on any atom is 0.228 e. The Morgan fingerprint density at radius 3 is 2.79 bits per heavy atom. The second kappa shape index (κ2) is 10.3. The van der Waals surface area contributed by atoms with Gasteiger partial charge in [0.1, 0.15) is 17.2 Å². The maximum absolute atomic E-state index is 14.1. The first-order valence-corrected chi connectivity index (χ1v) is 13.6. The average molecular weight is 526 g/mol. The molecule has 0 amide bonds. The molecule has 1 saturated heterocycles. The van der Waals surface area contributed by atoms with Crippen LogP contribution in [0.25, 0.3) is 22.0 Å². The van der Waals surface area contributed by atoms with Crippen molar-refractivity contribution in [1.29, 1.82) is 0 Å². The molecule has 3 atom stereocenters. The van der Waals surface area contributed by atoms with E-state index >= 15 is 0 Å². The lowest BCUT2D eigenvalue weighted by molar-refractivity contribution is -0.120. The lowest BCUT2D eigenvalue weighted by Gasteiger charge is -2.23. The van der Waals surface area contributed by atoms with Gasteiger partial charge in [-0.3, -0.25) is 4.79 Å². The smallest absolute Gasteiger partial charge is 0.228 e. The number of hydrogen-bond donors (Lipinski definition) is 2. The summed E-state index contributed by atoms with van der Waals surface area (Å²) in [5.41, 5.74) is 1.91. The Kier molecular flexibility index (Phi) is 6.73. The number of nitrogens with one attached hydrogen (secondary N) is 2. The molecule has 7 nitrogen and oxygen atoms in total. The van der Waals surface area contributed by atoms with Gasteiger partial charge in [-0.05, 0) is 74.4 Å². The summed E-state index contributed by atoms with van der Waals surface area (Å²) >= 11 is 0. The van der Waals surface area contributed by atoms with Gasteiger partial charge in [-0.2, -0.15) is 0 Å². The lowest BCUT2D eigenvalue weighted by Crippen LogP contribution is -2.38. The van der Waals surface area contributed by atoms with E-state index in [-0.39, 0.29) is 18.2 Å². The molecule has 0 bridgehead atoms. The molecule has 1 saturated carbocycles. The number of alkyl halides is 1. The number of rotatable bonds is 8. The highest BCUT2D eigenvalue weighted by molar-refractivity contribution is 5.96. The summed E-state index contributed by atoms with van der Waals surface area (Å²) in [6.45, 7) is 5.41. The Morgan fingerprint density at radius 1 is 1.13 bits per heavy atom. The van der Waals surface area contributed by atoms with E-state index < -0.39 is 11.6 Å². The maximum atomic E-state index is 14.1. The van der Waals surface area contributed by atoms with Gasteiger partial charge >= 0.3 is 0 Å². The van der Waals surface area contributed by atoms with Gasteiger partial charge in [0.2, 0.25) is 11.8 Å². The van der Waals surface area contributed by atoms with Crippen LogP contribution in [0.1, 0.15) is 37.3 Å². The van der Waals surface area contributed by atoms with E-state index in [0.29, 0.717) is 29.7 Å². The number of fused-ring (bicyclic) bond motifs is 1. The highest BCUT2D eigenvalue weighted by atomic mass is 19.1. The van der Waals surface area contributed by atoms with Crippen LogP contribution in [0.15, 0.2) is 60.9 Å². The molecule has 6 rings (SSSR count). The van der Waals surface area contributed by atoms with Crippen molar-refractivity contribution in [3.05, 3.63) is 72.1 Å². The van der Waals surface area contributed by atoms with E-state index in [1.165, 1.54) is 6.92 Å². The molecule has 8 heteroatoms. The van der Waals surface area contributed by atoms with Gasteiger partial charge in [0.25, 0.3) is 0 Å². The molecule has 1 aliphatic carbocycles. The number of halogens is 1. The first-order valence-electron chi connectivity index (χ1n) is 13.6. The van der Waals surface area contributed by atoms with Gasteiger partial charge in [0, 0.05) is 36.8 Å². The zero-order valence-corrected chi connectivity index (χ0v) is 22.2. The number of hydrogen-bond acceptors (Lipinski definition) is 7. The zero-order chi connectivity index (χ0) is 27.0. The molecule has 2 aromatic carbocycles. The number of benzene rings is 2. The molecular weight excluding hydrogens is 493 g/mol. The van der Waals surface area contributed by atoms with E-state index in [9.17, 15) is 9.18 Å². The van der Waals surface area contributed by atoms with Crippen LogP contribution in [0.5, 0.6) is 11.6 Å². The summed E-state index contributed by atoms with van der Waals surface area (Å²) in [5.74, 6) is 1.12. The monoisotopic (exact) mass is 525 g/mol. The van der Waals surface area contributed by atoms with Gasteiger partial charge in [-0.15, -0.1) is 0 Å². The molecule has 4 aromatic rings. The van der Waals surface area contributed by atoms with Crippen molar-refractivity contribution in [2.24, 2.45) is 5.92 Å². The Morgan fingerprint density at radius 2 is 2.00 bits per heavy atom. The number of carbonyl (C=O) groups excluding carboxylic acids is 1. The van der Waals surface area contributed by atoms with Gasteiger partial charge in [-0.1, -0.05) is 30.3 Å². The van der Waals surface area contributed by atoms with E-state index in [1.807, 2.05) is 55.5 Å². The topological polar surface area (TPSA) is 89.0 Å². The summed E-state index contributed by atoms with van der Waals surface area (Å²) in [7, 11) is 0. The minimum absolute atomic E-state index is 0.0558. The van der Waals surface area contributed by atoms with Crippen molar-refractivity contribution in [2.45, 2.75) is 51.2 Å². The fourth-order valence-electron chi connectivity index (χ4n) is 5.39. The SMILES string of the molecule is Cc1ccc2c(CC(=O)[C@@H]3CC3(C)F)cccc2c1Oc1ncccc1-c1ccnc(N[C@H]2CCCNC2)n1. The summed E-state index contributed by atoms with van der Waals surface area (Å²) in [5, 5.41) is 8.63. The Labute approximate surface area is 227 Å². The summed E-state index contributed by atoms with van der Waals surface area (Å²) in [6, 6.07) is 15.8. The summed E-state index contributed by atoms with van der Waals surface area (Å²) < 4.78 is 20.6. The predicted octanol–water partition coefficient (Wildman–Crippen LogP) is 5.82. The molecule has 0 spiro atoms. The number of aryl methyl sites for hydroxylation is 1. The summed E-state index contributed by atoms with van der Waals surface area (Å²) in [4.78, 5) is 26.5. The minimum Gasteiger partial charge on any atom is -0.437 e. The third-order valence-electron chi connectivity index (χ3n) is 7.75. The number of Topliss-reactive ketones (excluding diaryl/α,β-unsaturated/α-hetero) is 1. The first kappa shape index (κ1) is 25.4. The van der Waals surface area contributed by atoms with E-state index in [2.05, 4.69) is 20.6 Å². The number of carbonyl (C=O) groups is 1. The number of ether oxygens (including phenoxy) is 1. The number of anilines is 1. The molecule has 2 aromatic heterocycles. The second-order valence-corrected chi connectivity index (χ2v) is 10.8. The first-order chi connectivity index (χ1) is 18.9. The van der Waals surface area contributed by atoms with Crippen molar-refractivity contribution >= 4 is 22.5 Å². The molecule has 0 radical (unpaired) electrons. The Bertz CT molecular complexity index is 1530. The molecule has 200 valence electrons. The molecule has 2 fully saturated rings. The third-order valence-corrected chi connectivity index (χ3v) is 7.75. The normalized spacial score (nSPS) is 22.4. The number of ketones is 1. The Hall–Kier alpha value is -3.91. The van der Waals surface area contributed by atoms with Crippen molar-refractivity contribution in [1.82, 2.24) is 20.3 Å². The highest BCUT2D eigenvalue weighted by Crippen LogP contribution is 2.48. The van der Waals surface area contributed by atoms with Crippen molar-refractivity contribution < 1.29 is 13.9 Å². The molecule has 3 heterocycles. The van der Waals surface area contributed by atoms with E-state index in [1.54, 1.807) is 12.4 Å². The van der Waals surface area contributed by atoms with Crippen molar-refractivity contribution in [3.8, 4) is 22.9 Å². The number of nitrogens with zero attached hydrogens (tertiary/aromatic N) is 3. The van der Waals surface area contributed by atoms with Gasteiger partial charge in [0.15, 0.2) is 0 Å². The standard InChI is InChI=1S/C31H32FN5O2/c1-19-10-11-22-20(16-27(38)25-17-31(25,2)32)6-3-8-23(22)28(19)39-29-24(9-5-14-34-29)26-12-15-35-30(37-26)36-21-7-4-13-33-18-21/h3,5-6,8-12,14-15,21,25,33H,4,7,13,16-18H2,1-2H3,(H,35,36,37)/t21-,25-,31?/m0/s1. The lowest BCUT2D eigenvalue weighted by atomic mass is 9.96. The number of pyridine rings is 1. The van der Waals surface area contributed by atoms with Gasteiger partial charge in [-0.25, -0.2) is 19.3 Å². The van der Waals surface area contributed by atoms with Crippen LogP contribution in [-0.4, -0.2) is 45.5 Å². The molecule has 2 aliphatic rings. The van der Waals surface area contributed by atoms with Crippen LogP contribution in [-0.2, 0) is 11.2 Å². The zero-order valence-electron chi connectivity index (χ0n) is 22.2. The highest BCUT2D eigenvalue weighted by Gasteiger charge is 2.55. The van der Waals surface area contributed by atoms with Crippen LogP contribution < -0.4 is 15.4 Å². The number of aromatic nitrogens is 3. The molecular formula is C31H32FN5O2. The minimum atomic E-state index is -1.37. The van der Waals surface area contributed by atoms with E-state index in [0.717, 1.165) is 53.4 Å². The van der Waals surface area contributed by atoms with Crippen molar-refractivity contribution in [2.75, 3.05) is 18.4 Å². The van der Waals surface area contributed by atoms with E-state index in [4.69, 9.17) is 9.72 Å². The van der Waals surface area contributed by atoms with Gasteiger partial charge < -0.3 is 15.4 Å². The summed E-state index contributed by atoms with van der Waals surface area (Å²) in [6.07, 6.45) is 6.14. The molecule has 1 aliphatic heterocycles. The number of piperidine rings is 1. The quantitative estimate of drug-likeness (QED) is 0.300. The van der Waals surface area contributed by atoms with Crippen molar-refractivity contribution in [3.63, 3.8) is 0 Å². The predicted molar refractivity (Wildman–Crippen MR) is 150 cm³/mol. The van der Waals surface area contributed by atoms with Crippen LogP contribution in [0.4, 0.5) is 10.3 Å². The molecule has 2 N–H and O–H groups in total. The Balaban J connectivity index is 1.30. The average Bonchev–Trinajstić information content (AvgIpc) is 3.59. The van der Waals surface area contributed by atoms with Crippen LogP contribution >= 0.6 is 0 Å². The van der Waals surface area contributed by atoms with Crippen LogP contribution in [0.3, 0.4) is 0 Å². The fourth-order valence-corrected chi connectivity index (χ4v) is 5.39.